The molecule has 0 spiro atoms. The first-order valence-electron chi connectivity index (χ1n) is 9.93. The van der Waals surface area contributed by atoms with Gasteiger partial charge < -0.3 is 5.48 Å². The first-order chi connectivity index (χ1) is 11.8. The van der Waals surface area contributed by atoms with Crippen LogP contribution in [0.2, 0.25) is 4.71 Å². The zero-order chi connectivity index (χ0) is 17.2. The maximum absolute atomic E-state index is 2.98. The Bertz CT molecular complexity index is 590. The van der Waals surface area contributed by atoms with Crippen molar-refractivity contribution < 1.29 is 5.48 Å². The van der Waals surface area contributed by atoms with Crippen molar-refractivity contribution in [2.45, 2.75) is 82.3 Å². The average Bonchev–Trinajstić information content (AvgIpc) is 2.62. The maximum atomic E-state index is 2.98. The number of hydrogen-bond acceptors (Lipinski definition) is 0. The molecular formula is C23H35AsO. The molecule has 0 heterocycles. The molecule has 0 amide bonds. The zero-order valence-electron chi connectivity index (χ0n) is 16.0. The fourth-order valence-electron chi connectivity index (χ4n) is 3.78. The SMILES string of the molecule is CCCCCCCCCC([As])C(CC)c1cccc2ccccc12.O. The normalized spacial score (nSPS) is 13.4. The summed E-state index contributed by atoms with van der Waals surface area (Å²) < 4.78 is 0.712. The van der Waals surface area contributed by atoms with Crippen LogP contribution in [-0.2, 0) is 0 Å². The van der Waals surface area contributed by atoms with Gasteiger partial charge in [-0.2, -0.15) is 0 Å². The van der Waals surface area contributed by atoms with Crippen LogP contribution in [0, 0.1) is 0 Å². The third kappa shape index (κ3) is 6.80. The Balaban J connectivity index is 0.00000312. The van der Waals surface area contributed by atoms with E-state index in [-0.39, 0.29) is 5.48 Å². The molecule has 0 fully saturated rings. The molecule has 0 aliphatic heterocycles. The molecule has 2 aromatic carbocycles. The number of fused-ring (bicyclic) bond motifs is 1. The van der Waals surface area contributed by atoms with Gasteiger partial charge >= 0.3 is 158 Å². The third-order valence-corrected chi connectivity index (χ3v) is 6.53. The van der Waals surface area contributed by atoms with E-state index < -0.39 is 0 Å². The predicted octanol–water partition coefficient (Wildman–Crippen LogP) is 6.61. The first kappa shape index (κ1) is 22.3. The van der Waals surface area contributed by atoms with Crippen LogP contribution in [0.1, 0.15) is 83.1 Å². The number of rotatable bonds is 11. The van der Waals surface area contributed by atoms with Crippen molar-refractivity contribution in [2.75, 3.05) is 0 Å². The first-order valence-corrected chi connectivity index (χ1v) is 11.0. The van der Waals surface area contributed by atoms with Crippen molar-refractivity contribution in [1.82, 2.24) is 0 Å². The molecular weight excluding hydrogens is 367 g/mol. The van der Waals surface area contributed by atoms with Gasteiger partial charge in [-0.3, -0.25) is 0 Å². The Hall–Kier alpha value is -0.782. The molecule has 2 N–H and O–H groups in total. The molecule has 0 aliphatic carbocycles. The van der Waals surface area contributed by atoms with Gasteiger partial charge in [0.2, 0.25) is 0 Å². The van der Waals surface area contributed by atoms with E-state index in [4.69, 9.17) is 0 Å². The number of unbranched alkanes of at least 4 members (excludes halogenated alkanes) is 6. The maximum Gasteiger partial charge on any atom is -0.412 e. The Morgan fingerprint density at radius 3 is 2.16 bits per heavy atom. The molecule has 0 saturated heterocycles. The Kier molecular flexibility index (Phi) is 11.2. The fraction of sp³-hybridized carbons (Fsp3) is 0.565. The van der Waals surface area contributed by atoms with Gasteiger partial charge in [0.25, 0.3) is 0 Å². The minimum absolute atomic E-state index is 0. The van der Waals surface area contributed by atoms with Crippen LogP contribution in [0.25, 0.3) is 10.8 Å². The van der Waals surface area contributed by atoms with Gasteiger partial charge in [0.05, 0.1) is 0 Å². The third-order valence-electron chi connectivity index (χ3n) is 5.23. The van der Waals surface area contributed by atoms with E-state index in [9.17, 15) is 0 Å². The molecule has 138 valence electrons. The molecule has 0 bridgehead atoms. The smallest absolute Gasteiger partial charge is 0.412 e. The van der Waals surface area contributed by atoms with Crippen molar-refractivity contribution >= 4 is 27.6 Å². The average molecular weight is 402 g/mol. The molecule has 0 aliphatic rings. The Morgan fingerprint density at radius 1 is 0.800 bits per heavy atom. The molecule has 2 atom stereocenters. The molecule has 0 saturated carbocycles. The summed E-state index contributed by atoms with van der Waals surface area (Å²) in [7, 11) is 0. The fourth-order valence-corrected chi connectivity index (χ4v) is 4.95. The monoisotopic (exact) mass is 402 g/mol. The minimum atomic E-state index is 0. The molecule has 2 heteroatoms. The molecule has 2 aromatic rings. The van der Waals surface area contributed by atoms with Gasteiger partial charge in [0, 0.05) is 0 Å². The standard InChI is InChI=1S/C23H33As.H2O/c1-3-5-6-7-8-9-10-18-23(24)20(4-2)22-17-13-15-19-14-11-12-16-21(19)22;/h11-17,20,23H,3-10,18H2,1-2H3;1H2. The largest absolute Gasteiger partial charge is 0.412 e. The van der Waals surface area contributed by atoms with Gasteiger partial charge in [-0.25, -0.2) is 0 Å². The quantitative estimate of drug-likeness (QED) is 0.299. The molecule has 2 unspecified atom stereocenters. The van der Waals surface area contributed by atoms with E-state index in [2.05, 4.69) is 73.2 Å². The van der Waals surface area contributed by atoms with Crippen molar-refractivity contribution in [3.63, 3.8) is 0 Å². The van der Waals surface area contributed by atoms with Crippen molar-refractivity contribution in [2.24, 2.45) is 0 Å². The molecule has 2 radical (unpaired) electrons. The molecule has 0 aromatic heterocycles. The summed E-state index contributed by atoms with van der Waals surface area (Å²) in [5.41, 5.74) is 1.55. The van der Waals surface area contributed by atoms with E-state index in [0.29, 0.717) is 10.6 Å². The van der Waals surface area contributed by atoms with Gasteiger partial charge in [-0.05, 0) is 0 Å². The molecule has 1 nitrogen and oxygen atoms in total. The predicted molar refractivity (Wildman–Crippen MR) is 113 cm³/mol. The number of benzene rings is 2. The topological polar surface area (TPSA) is 31.5 Å². The second-order valence-corrected chi connectivity index (χ2v) is 8.45. The summed E-state index contributed by atoms with van der Waals surface area (Å²) in [4.78, 5) is 0. The Morgan fingerprint density at radius 2 is 1.44 bits per heavy atom. The summed E-state index contributed by atoms with van der Waals surface area (Å²) >= 11 is 2.98. The molecule has 2 rings (SSSR count). The van der Waals surface area contributed by atoms with Gasteiger partial charge in [0.15, 0.2) is 0 Å². The van der Waals surface area contributed by atoms with Crippen molar-refractivity contribution in [1.29, 1.82) is 0 Å². The Labute approximate surface area is 163 Å². The van der Waals surface area contributed by atoms with Crippen molar-refractivity contribution in [3.8, 4) is 0 Å². The van der Waals surface area contributed by atoms with Gasteiger partial charge in [0.1, 0.15) is 0 Å². The van der Waals surface area contributed by atoms with E-state index in [1.165, 1.54) is 68.6 Å². The van der Waals surface area contributed by atoms with Crippen LogP contribution >= 0.6 is 0 Å². The molecule has 25 heavy (non-hydrogen) atoms. The van der Waals surface area contributed by atoms with Gasteiger partial charge in [-0.1, -0.05) is 0 Å². The van der Waals surface area contributed by atoms with Crippen LogP contribution in [0.4, 0.5) is 0 Å². The van der Waals surface area contributed by atoms with E-state index >= 15 is 0 Å². The van der Waals surface area contributed by atoms with Crippen LogP contribution in [0.5, 0.6) is 0 Å². The summed E-state index contributed by atoms with van der Waals surface area (Å²) in [6.45, 7) is 4.63. The van der Waals surface area contributed by atoms with Crippen molar-refractivity contribution in [3.05, 3.63) is 48.0 Å². The van der Waals surface area contributed by atoms with E-state index in [0.717, 1.165) is 0 Å². The van der Waals surface area contributed by atoms with Gasteiger partial charge in [-0.15, -0.1) is 0 Å². The summed E-state index contributed by atoms with van der Waals surface area (Å²) in [5, 5.41) is 2.83. The zero-order valence-corrected chi connectivity index (χ0v) is 17.9. The van der Waals surface area contributed by atoms with E-state index in [1.54, 1.807) is 5.56 Å². The minimum Gasteiger partial charge on any atom is -0.412 e. The van der Waals surface area contributed by atoms with Crippen LogP contribution < -0.4 is 0 Å². The summed E-state index contributed by atoms with van der Waals surface area (Å²) in [5.74, 6) is 0.663. The summed E-state index contributed by atoms with van der Waals surface area (Å²) in [6, 6.07) is 15.7. The number of hydrogen-bond donors (Lipinski definition) is 0. The van der Waals surface area contributed by atoms with Crippen LogP contribution in [0.15, 0.2) is 42.5 Å². The second kappa shape index (κ2) is 12.6. The van der Waals surface area contributed by atoms with Crippen LogP contribution in [-0.4, -0.2) is 22.3 Å². The van der Waals surface area contributed by atoms with E-state index in [1.807, 2.05) is 0 Å². The summed E-state index contributed by atoms with van der Waals surface area (Å²) in [6.07, 6.45) is 12.4. The second-order valence-electron chi connectivity index (χ2n) is 7.06. The van der Waals surface area contributed by atoms with Crippen LogP contribution in [0.3, 0.4) is 0 Å².